The average molecular weight is 250 g/mol. The summed E-state index contributed by atoms with van der Waals surface area (Å²) < 4.78 is 5.53. The molecule has 1 aromatic rings. The Morgan fingerprint density at radius 3 is 2.72 bits per heavy atom. The molecule has 18 heavy (non-hydrogen) atoms. The van der Waals surface area contributed by atoms with Gasteiger partial charge in [-0.25, -0.2) is 0 Å². The van der Waals surface area contributed by atoms with Crippen LogP contribution in [0.25, 0.3) is 0 Å². The van der Waals surface area contributed by atoms with Crippen molar-refractivity contribution in [2.75, 3.05) is 20.7 Å². The highest BCUT2D eigenvalue weighted by molar-refractivity contribution is 5.48. The van der Waals surface area contributed by atoms with Crippen LogP contribution in [0.4, 0.5) is 5.69 Å². The lowest BCUT2D eigenvalue weighted by Crippen LogP contribution is -2.11. The second-order valence-electron chi connectivity index (χ2n) is 5.05. The standard InChI is InChI=1S/C13H18N2O3/c1-14(2)8-11-5-6-13(12(7-11)15(16)17)18-9-10-3-4-10/h5-7,10H,3-4,8-9H2,1-2H3. The highest BCUT2D eigenvalue weighted by Crippen LogP contribution is 2.33. The summed E-state index contributed by atoms with van der Waals surface area (Å²) in [4.78, 5) is 12.6. The lowest BCUT2D eigenvalue weighted by Gasteiger charge is -2.11. The molecule has 0 saturated heterocycles. The van der Waals surface area contributed by atoms with Crippen molar-refractivity contribution in [2.24, 2.45) is 5.92 Å². The fraction of sp³-hybridized carbons (Fsp3) is 0.538. The van der Waals surface area contributed by atoms with Gasteiger partial charge in [-0.1, -0.05) is 6.07 Å². The van der Waals surface area contributed by atoms with Crippen molar-refractivity contribution < 1.29 is 9.66 Å². The van der Waals surface area contributed by atoms with Crippen molar-refractivity contribution in [1.82, 2.24) is 4.90 Å². The minimum Gasteiger partial charge on any atom is -0.487 e. The predicted octanol–water partition coefficient (Wildman–Crippen LogP) is 2.45. The molecule has 1 saturated carbocycles. The van der Waals surface area contributed by atoms with Gasteiger partial charge in [0.2, 0.25) is 0 Å². The van der Waals surface area contributed by atoms with E-state index in [9.17, 15) is 10.1 Å². The number of nitro benzene ring substituents is 1. The van der Waals surface area contributed by atoms with Crippen molar-refractivity contribution in [1.29, 1.82) is 0 Å². The average Bonchev–Trinajstić information content (AvgIpc) is 3.10. The zero-order valence-electron chi connectivity index (χ0n) is 10.8. The van der Waals surface area contributed by atoms with E-state index in [1.165, 1.54) is 12.8 Å². The largest absolute Gasteiger partial charge is 0.487 e. The van der Waals surface area contributed by atoms with Gasteiger partial charge in [-0.15, -0.1) is 0 Å². The van der Waals surface area contributed by atoms with E-state index in [2.05, 4.69) is 0 Å². The summed E-state index contributed by atoms with van der Waals surface area (Å²) in [5.41, 5.74) is 0.987. The highest BCUT2D eigenvalue weighted by Gasteiger charge is 2.24. The van der Waals surface area contributed by atoms with Crippen LogP contribution < -0.4 is 4.74 Å². The fourth-order valence-electron chi connectivity index (χ4n) is 1.78. The van der Waals surface area contributed by atoms with E-state index in [0.29, 0.717) is 24.8 Å². The molecule has 1 fully saturated rings. The molecule has 2 rings (SSSR count). The molecule has 1 aromatic carbocycles. The number of hydrogen-bond donors (Lipinski definition) is 0. The van der Waals surface area contributed by atoms with Crippen molar-refractivity contribution in [3.05, 3.63) is 33.9 Å². The molecule has 5 nitrogen and oxygen atoms in total. The molecule has 0 spiro atoms. The van der Waals surface area contributed by atoms with E-state index >= 15 is 0 Å². The maximum Gasteiger partial charge on any atom is 0.311 e. The summed E-state index contributed by atoms with van der Waals surface area (Å²) in [7, 11) is 3.87. The zero-order valence-corrected chi connectivity index (χ0v) is 10.8. The molecule has 0 N–H and O–H groups in total. The Morgan fingerprint density at radius 2 is 2.17 bits per heavy atom. The van der Waals surface area contributed by atoms with Crippen LogP contribution in [0.3, 0.4) is 0 Å². The Balaban J connectivity index is 2.14. The van der Waals surface area contributed by atoms with E-state index in [-0.39, 0.29) is 10.6 Å². The summed E-state index contributed by atoms with van der Waals surface area (Å²) in [6, 6.07) is 5.19. The normalized spacial score (nSPS) is 14.8. The smallest absolute Gasteiger partial charge is 0.311 e. The summed E-state index contributed by atoms with van der Waals surface area (Å²) in [6.45, 7) is 1.28. The van der Waals surface area contributed by atoms with Crippen LogP contribution in [0.15, 0.2) is 18.2 Å². The molecule has 1 aliphatic rings. The molecule has 0 bridgehead atoms. The third-order valence-electron chi connectivity index (χ3n) is 2.89. The molecule has 98 valence electrons. The second-order valence-corrected chi connectivity index (χ2v) is 5.05. The summed E-state index contributed by atoms with van der Waals surface area (Å²) in [5.74, 6) is 0.973. The third kappa shape index (κ3) is 3.43. The predicted molar refractivity (Wildman–Crippen MR) is 68.7 cm³/mol. The van der Waals surface area contributed by atoms with Crippen molar-refractivity contribution >= 4 is 5.69 Å². The van der Waals surface area contributed by atoms with Gasteiger partial charge in [0, 0.05) is 12.6 Å². The van der Waals surface area contributed by atoms with Crippen LogP contribution >= 0.6 is 0 Å². The fourth-order valence-corrected chi connectivity index (χ4v) is 1.78. The Kier molecular flexibility index (Phi) is 3.81. The summed E-state index contributed by atoms with van der Waals surface area (Å²) in [5, 5.41) is 11.0. The quantitative estimate of drug-likeness (QED) is 0.575. The molecule has 0 aromatic heterocycles. The van der Waals surface area contributed by atoms with E-state index in [1.807, 2.05) is 25.1 Å². The zero-order chi connectivity index (χ0) is 13.1. The van der Waals surface area contributed by atoms with Gasteiger partial charge in [0.1, 0.15) is 0 Å². The van der Waals surface area contributed by atoms with Gasteiger partial charge in [0.15, 0.2) is 5.75 Å². The van der Waals surface area contributed by atoms with Crippen LogP contribution in [0.5, 0.6) is 5.75 Å². The van der Waals surface area contributed by atoms with Crippen LogP contribution in [-0.2, 0) is 6.54 Å². The third-order valence-corrected chi connectivity index (χ3v) is 2.89. The maximum atomic E-state index is 11.0. The molecule has 0 radical (unpaired) electrons. The number of nitro groups is 1. The maximum absolute atomic E-state index is 11.0. The molecule has 0 amide bonds. The molecule has 0 atom stereocenters. The monoisotopic (exact) mass is 250 g/mol. The van der Waals surface area contributed by atoms with Gasteiger partial charge < -0.3 is 9.64 Å². The molecule has 0 unspecified atom stereocenters. The minimum atomic E-state index is -0.374. The van der Waals surface area contributed by atoms with Crippen LogP contribution in [0.2, 0.25) is 0 Å². The summed E-state index contributed by atoms with van der Waals surface area (Å²) in [6.07, 6.45) is 2.35. The van der Waals surface area contributed by atoms with Crippen molar-refractivity contribution in [2.45, 2.75) is 19.4 Å². The van der Waals surface area contributed by atoms with E-state index < -0.39 is 0 Å². The molecule has 0 aliphatic heterocycles. The van der Waals surface area contributed by atoms with Crippen molar-refractivity contribution in [3.63, 3.8) is 0 Å². The second kappa shape index (κ2) is 5.35. The Morgan fingerprint density at radius 1 is 1.44 bits per heavy atom. The van der Waals surface area contributed by atoms with Gasteiger partial charge in [-0.05, 0) is 44.5 Å². The molecule has 0 heterocycles. The lowest BCUT2D eigenvalue weighted by atomic mass is 10.2. The van der Waals surface area contributed by atoms with Crippen LogP contribution in [0.1, 0.15) is 18.4 Å². The number of ether oxygens (including phenoxy) is 1. The number of rotatable bonds is 6. The minimum absolute atomic E-state index is 0.0648. The molecule has 1 aliphatic carbocycles. The first-order valence-corrected chi connectivity index (χ1v) is 6.11. The van der Waals surface area contributed by atoms with Gasteiger partial charge in [-0.2, -0.15) is 0 Å². The van der Waals surface area contributed by atoms with Gasteiger partial charge in [-0.3, -0.25) is 10.1 Å². The van der Waals surface area contributed by atoms with Gasteiger partial charge in [0.05, 0.1) is 11.5 Å². The topological polar surface area (TPSA) is 55.6 Å². The van der Waals surface area contributed by atoms with E-state index in [4.69, 9.17) is 4.74 Å². The Bertz CT molecular complexity index is 442. The van der Waals surface area contributed by atoms with E-state index in [1.54, 1.807) is 12.1 Å². The number of nitrogens with zero attached hydrogens (tertiary/aromatic N) is 2. The Labute approximate surface area is 107 Å². The summed E-state index contributed by atoms with van der Waals surface area (Å²) >= 11 is 0. The molecule has 5 heteroatoms. The number of benzene rings is 1. The number of hydrogen-bond acceptors (Lipinski definition) is 4. The Hall–Kier alpha value is -1.62. The van der Waals surface area contributed by atoms with Crippen LogP contribution in [0, 0.1) is 16.0 Å². The van der Waals surface area contributed by atoms with Crippen molar-refractivity contribution in [3.8, 4) is 5.75 Å². The van der Waals surface area contributed by atoms with Gasteiger partial charge >= 0.3 is 5.69 Å². The SMILES string of the molecule is CN(C)Cc1ccc(OCC2CC2)c([N+](=O)[O-])c1. The first-order chi connectivity index (χ1) is 8.56. The first-order valence-electron chi connectivity index (χ1n) is 6.11. The molecular formula is C13H18N2O3. The highest BCUT2D eigenvalue weighted by atomic mass is 16.6. The van der Waals surface area contributed by atoms with Crippen LogP contribution in [-0.4, -0.2) is 30.5 Å². The lowest BCUT2D eigenvalue weighted by molar-refractivity contribution is -0.386. The molecular weight excluding hydrogens is 232 g/mol. The first kappa shape index (κ1) is 12.8. The van der Waals surface area contributed by atoms with E-state index in [0.717, 1.165) is 5.56 Å². The van der Waals surface area contributed by atoms with Gasteiger partial charge in [0.25, 0.3) is 0 Å².